The maximum atomic E-state index is 11.9. The van der Waals surface area contributed by atoms with E-state index in [0.29, 0.717) is 11.8 Å². The predicted molar refractivity (Wildman–Crippen MR) is 81.0 cm³/mol. The topological polar surface area (TPSA) is 17.1 Å². The van der Waals surface area contributed by atoms with Crippen LogP contribution in [0.5, 0.6) is 0 Å². The third-order valence-electron chi connectivity index (χ3n) is 4.70. The zero-order valence-electron chi connectivity index (χ0n) is 13.1. The van der Waals surface area contributed by atoms with Crippen molar-refractivity contribution in [3.8, 4) is 0 Å². The quantitative estimate of drug-likeness (QED) is 0.707. The van der Waals surface area contributed by atoms with Crippen LogP contribution in [0.2, 0.25) is 0 Å². The molecule has 1 atom stereocenters. The third kappa shape index (κ3) is 2.35. The van der Waals surface area contributed by atoms with Gasteiger partial charge in [-0.05, 0) is 59.8 Å². The van der Waals surface area contributed by atoms with Crippen LogP contribution in [0.4, 0.5) is 0 Å². The number of fused-ring (bicyclic) bond motifs is 1. The fourth-order valence-corrected chi connectivity index (χ4v) is 3.54. The predicted octanol–water partition coefficient (Wildman–Crippen LogP) is 4.87. The van der Waals surface area contributed by atoms with Crippen molar-refractivity contribution < 1.29 is 4.79 Å². The lowest BCUT2D eigenvalue weighted by Gasteiger charge is -2.21. The summed E-state index contributed by atoms with van der Waals surface area (Å²) in [6, 6.07) is 4.49. The van der Waals surface area contributed by atoms with Gasteiger partial charge in [0.25, 0.3) is 0 Å². The van der Waals surface area contributed by atoms with Crippen LogP contribution >= 0.6 is 0 Å². The molecule has 19 heavy (non-hydrogen) atoms. The largest absolute Gasteiger partial charge is 0.295 e. The summed E-state index contributed by atoms with van der Waals surface area (Å²) in [6.07, 6.45) is 2.13. The Kier molecular flexibility index (Phi) is 3.59. The molecule has 0 bridgehead atoms. The fourth-order valence-electron chi connectivity index (χ4n) is 3.54. The van der Waals surface area contributed by atoms with Crippen molar-refractivity contribution in [1.29, 1.82) is 0 Å². The van der Waals surface area contributed by atoms with Gasteiger partial charge in [-0.25, -0.2) is 0 Å². The van der Waals surface area contributed by atoms with Crippen molar-refractivity contribution in [2.45, 2.75) is 65.7 Å². The van der Waals surface area contributed by atoms with Gasteiger partial charge >= 0.3 is 0 Å². The molecule has 0 fully saturated rings. The Morgan fingerprint density at radius 1 is 1.37 bits per heavy atom. The van der Waals surface area contributed by atoms with E-state index in [-0.39, 0.29) is 11.2 Å². The van der Waals surface area contributed by atoms with Gasteiger partial charge in [0.2, 0.25) is 0 Å². The number of rotatable bonds is 3. The molecule has 1 aromatic carbocycles. The lowest BCUT2D eigenvalue weighted by molar-refractivity contribution is 0.101. The Hall–Kier alpha value is -1.11. The highest BCUT2D eigenvalue weighted by molar-refractivity contribution is 5.96. The summed E-state index contributed by atoms with van der Waals surface area (Å²) in [5.74, 6) is 1.42. The highest BCUT2D eigenvalue weighted by Gasteiger charge is 2.38. The Balaban J connectivity index is 2.65. The first-order chi connectivity index (χ1) is 8.77. The first-order valence-corrected chi connectivity index (χ1v) is 7.46. The monoisotopic (exact) mass is 258 g/mol. The number of hydrogen-bond acceptors (Lipinski definition) is 1. The highest BCUT2D eigenvalue weighted by Crippen LogP contribution is 2.49. The maximum absolute atomic E-state index is 11.9. The second-order valence-electron chi connectivity index (χ2n) is 6.94. The van der Waals surface area contributed by atoms with Gasteiger partial charge in [-0.2, -0.15) is 0 Å². The smallest absolute Gasteiger partial charge is 0.160 e. The van der Waals surface area contributed by atoms with Crippen molar-refractivity contribution >= 4 is 5.78 Å². The van der Waals surface area contributed by atoms with Crippen molar-refractivity contribution in [3.63, 3.8) is 0 Å². The summed E-state index contributed by atoms with van der Waals surface area (Å²) in [5, 5.41) is 0. The highest BCUT2D eigenvalue weighted by atomic mass is 16.1. The van der Waals surface area contributed by atoms with E-state index in [1.165, 1.54) is 23.1 Å². The van der Waals surface area contributed by atoms with E-state index < -0.39 is 0 Å². The average Bonchev–Trinajstić information content (AvgIpc) is 2.59. The van der Waals surface area contributed by atoms with Crippen LogP contribution in [0.1, 0.15) is 80.9 Å². The molecule has 0 spiro atoms. The van der Waals surface area contributed by atoms with Crippen LogP contribution < -0.4 is 0 Å². The molecular formula is C18H26O. The Bertz CT molecular complexity index is 509. The van der Waals surface area contributed by atoms with Crippen molar-refractivity contribution in [1.82, 2.24) is 0 Å². The minimum atomic E-state index is 0.201. The SMILES string of the molecule is CCc1cc2c(cc1C(C)=O)C(C(C)C)CC2(C)C. The van der Waals surface area contributed by atoms with E-state index in [9.17, 15) is 4.79 Å². The van der Waals surface area contributed by atoms with Gasteiger partial charge in [-0.1, -0.05) is 40.7 Å². The van der Waals surface area contributed by atoms with Gasteiger partial charge in [-0.3, -0.25) is 4.79 Å². The minimum absolute atomic E-state index is 0.201. The summed E-state index contributed by atoms with van der Waals surface area (Å²) in [4.78, 5) is 11.9. The normalized spacial score (nSPS) is 20.7. The second kappa shape index (κ2) is 4.77. The molecule has 2 rings (SSSR count). The standard InChI is InChI=1S/C18H26O/c1-7-13-8-17-15(9-14(13)12(4)19)16(11(2)3)10-18(17,5)6/h8-9,11,16H,7,10H2,1-6H3. The molecule has 1 aliphatic rings. The lowest BCUT2D eigenvalue weighted by atomic mass is 9.83. The van der Waals surface area contributed by atoms with Crippen LogP contribution in [0, 0.1) is 5.92 Å². The molecule has 0 aromatic heterocycles. The fraction of sp³-hybridized carbons (Fsp3) is 0.611. The molecule has 0 amide bonds. The van der Waals surface area contributed by atoms with Gasteiger partial charge in [0, 0.05) is 5.56 Å². The molecule has 0 saturated heterocycles. The van der Waals surface area contributed by atoms with Crippen LogP contribution in [-0.4, -0.2) is 5.78 Å². The second-order valence-corrected chi connectivity index (χ2v) is 6.94. The van der Waals surface area contributed by atoms with E-state index in [0.717, 1.165) is 12.0 Å². The summed E-state index contributed by atoms with van der Waals surface area (Å²) >= 11 is 0. The average molecular weight is 258 g/mol. The summed E-state index contributed by atoms with van der Waals surface area (Å²) in [5.41, 5.74) is 5.27. The zero-order chi connectivity index (χ0) is 14.4. The zero-order valence-corrected chi connectivity index (χ0v) is 13.1. The summed E-state index contributed by atoms with van der Waals surface area (Å²) in [6.45, 7) is 13.1. The molecule has 104 valence electrons. The molecule has 0 saturated carbocycles. The summed E-state index contributed by atoms with van der Waals surface area (Å²) < 4.78 is 0. The van der Waals surface area contributed by atoms with Gasteiger partial charge < -0.3 is 0 Å². The number of aryl methyl sites for hydroxylation is 1. The van der Waals surface area contributed by atoms with E-state index >= 15 is 0 Å². The number of Topliss-reactive ketones (excluding diaryl/α,β-unsaturated/α-hetero) is 1. The third-order valence-corrected chi connectivity index (χ3v) is 4.70. The first-order valence-electron chi connectivity index (χ1n) is 7.46. The van der Waals surface area contributed by atoms with Crippen LogP contribution in [0.3, 0.4) is 0 Å². The number of carbonyl (C=O) groups excluding carboxylic acids is 1. The van der Waals surface area contributed by atoms with Crippen LogP contribution in [-0.2, 0) is 11.8 Å². The van der Waals surface area contributed by atoms with Gasteiger partial charge in [-0.15, -0.1) is 0 Å². The van der Waals surface area contributed by atoms with Crippen molar-refractivity contribution in [3.05, 3.63) is 34.4 Å². The molecule has 1 unspecified atom stereocenters. The lowest BCUT2D eigenvalue weighted by Crippen LogP contribution is -2.14. The van der Waals surface area contributed by atoms with E-state index in [1.54, 1.807) is 6.92 Å². The molecule has 1 aromatic rings. The molecular weight excluding hydrogens is 232 g/mol. The van der Waals surface area contributed by atoms with Gasteiger partial charge in [0.1, 0.15) is 0 Å². The number of ketones is 1. The minimum Gasteiger partial charge on any atom is -0.295 e. The van der Waals surface area contributed by atoms with E-state index in [1.807, 2.05) is 0 Å². The molecule has 0 heterocycles. The first kappa shape index (κ1) is 14.3. The molecule has 1 aliphatic carbocycles. The molecule has 0 aliphatic heterocycles. The summed E-state index contributed by atoms with van der Waals surface area (Å²) in [7, 11) is 0. The van der Waals surface area contributed by atoms with E-state index in [4.69, 9.17) is 0 Å². The molecule has 1 nitrogen and oxygen atoms in total. The van der Waals surface area contributed by atoms with E-state index in [2.05, 4.69) is 46.8 Å². The number of hydrogen-bond donors (Lipinski definition) is 0. The maximum Gasteiger partial charge on any atom is 0.160 e. The Morgan fingerprint density at radius 3 is 2.47 bits per heavy atom. The van der Waals surface area contributed by atoms with Crippen molar-refractivity contribution in [2.75, 3.05) is 0 Å². The molecule has 1 heteroatoms. The Labute approximate surface area is 117 Å². The molecule has 0 N–H and O–H groups in total. The van der Waals surface area contributed by atoms with Crippen LogP contribution in [0.15, 0.2) is 12.1 Å². The number of carbonyl (C=O) groups is 1. The number of benzene rings is 1. The molecule has 0 radical (unpaired) electrons. The van der Waals surface area contributed by atoms with Crippen molar-refractivity contribution in [2.24, 2.45) is 5.92 Å². The Morgan fingerprint density at radius 2 is 2.00 bits per heavy atom. The van der Waals surface area contributed by atoms with Gasteiger partial charge in [0.15, 0.2) is 5.78 Å². The van der Waals surface area contributed by atoms with Crippen LogP contribution in [0.25, 0.3) is 0 Å². The van der Waals surface area contributed by atoms with Gasteiger partial charge in [0.05, 0.1) is 0 Å².